The van der Waals surface area contributed by atoms with Crippen molar-refractivity contribution in [3.8, 4) is 0 Å². The molecule has 0 bridgehead atoms. The van der Waals surface area contributed by atoms with Gasteiger partial charge in [0.15, 0.2) is 5.13 Å². The summed E-state index contributed by atoms with van der Waals surface area (Å²) in [6.45, 7) is 6.69. The number of thiazole rings is 1. The maximum atomic E-state index is 11.3. The van der Waals surface area contributed by atoms with Crippen LogP contribution in [0, 0.1) is 11.8 Å². The third-order valence-electron chi connectivity index (χ3n) is 4.68. The third-order valence-corrected chi connectivity index (χ3v) is 5.87. The molecule has 0 aromatic carbocycles. The molecule has 0 saturated carbocycles. The highest BCUT2D eigenvalue weighted by Crippen LogP contribution is 2.39. The molecule has 1 aromatic rings. The Morgan fingerprint density at radius 2 is 2.25 bits per heavy atom. The summed E-state index contributed by atoms with van der Waals surface area (Å²) < 4.78 is 0. The predicted molar refractivity (Wildman–Crippen MR) is 80.6 cm³/mol. The van der Waals surface area contributed by atoms with Crippen molar-refractivity contribution in [1.29, 1.82) is 0 Å². The first-order valence-corrected chi connectivity index (χ1v) is 8.35. The Balaban J connectivity index is 1.81. The molecular formula is C15H22N2O2S. The fraction of sp³-hybridized carbons (Fsp3) is 0.733. The predicted octanol–water partition coefficient (Wildman–Crippen LogP) is 3.13. The van der Waals surface area contributed by atoms with Gasteiger partial charge >= 0.3 is 5.97 Å². The van der Waals surface area contributed by atoms with E-state index in [0.29, 0.717) is 5.92 Å². The van der Waals surface area contributed by atoms with Gasteiger partial charge in [0.05, 0.1) is 5.69 Å². The summed E-state index contributed by atoms with van der Waals surface area (Å²) >= 11 is 1.72. The van der Waals surface area contributed by atoms with E-state index in [0.717, 1.165) is 49.1 Å². The van der Waals surface area contributed by atoms with Crippen LogP contribution in [-0.2, 0) is 11.2 Å². The quantitative estimate of drug-likeness (QED) is 0.930. The number of hydrogen-bond donors (Lipinski definition) is 1. The number of anilines is 1. The van der Waals surface area contributed by atoms with Crippen molar-refractivity contribution in [2.45, 2.75) is 45.4 Å². The molecule has 3 rings (SSSR count). The highest BCUT2D eigenvalue weighted by Gasteiger charge is 2.33. The summed E-state index contributed by atoms with van der Waals surface area (Å²) in [6, 6.07) is 0. The molecule has 0 amide bonds. The number of hydrogen-bond acceptors (Lipinski definition) is 4. The van der Waals surface area contributed by atoms with Gasteiger partial charge in [0, 0.05) is 18.0 Å². The van der Waals surface area contributed by atoms with E-state index < -0.39 is 5.97 Å². The van der Waals surface area contributed by atoms with Crippen molar-refractivity contribution >= 4 is 22.4 Å². The fourth-order valence-corrected chi connectivity index (χ4v) is 4.48. The summed E-state index contributed by atoms with van der Waals surface area (Å²) in [6.07, 6.45) is 3.93. The summed E-state index contributed by atoms with van der Waals surface area (Å²) in [5.41, 5.74) is 0.844. The van der Waals surface area contributed by atoms with Crippen LogP contribution in [0.25, 0.3) is 0 Å². The largest absolute Gasteiger partial charge is 0.481 e. The number of rotatable bonds is 3. The number of aliphatic carboxylic acids is 1. The summed E-state index contributed by atoms with van der Waals surface area (Å²) in [5, 5.41) is 10.4. The minimum Gasteiger partial charge on any atom is -0.481 e. The molecule has 2 heterocycles. The molecule has 1 aliphatic heterocycles. The van der Waals surface area contributed by atoms with Crippen LogP contribution in [0.15, 0.2) is 0 Å². The van der Waals surface area contributed by atoms with Crippen molar-refractivity contribution in [2.75, 3.05) is 18.0 Å². The number of carboxylic acid groups (broad SMARTS) is 1. The van der Waals surface area contributed by atoms with Crippen LogP contribution in [0.2, 0.25) is 0 Å². The summed E-state index contributed by atoms with van der Waals surface area (Å²) in [5.74, 6) is 0.351. The van der Waals surface area contributed by atoms with Crippen LogP contribution >= 0.6 is 11.3 Å². The van der Waals surface area contributed by atoms with E-state index in [-0.39, 0.29) is 5.92 Å². The van der Waals surface area contributed by atoms with E-state index >= 15 is 0 Å². The monoisotopic (exact) mass is 294 g/mol. The van der Waals surface area contributed by atoms with Crippen molar-refractivity contribution in [3.63, 3.8) is 0 Å². The molecule has 1 N–H and O–H groups in total. The van der Waals surface area contributed by atoms with Crippen LogP contribution in [0.4, 0.5) is 5.13 Å². The van der Waals surface area contributed by atoms with Crippen LogP contribution in [-0.4, -0.2) is 29.1 Å². The van der Waals surface area contributed by atoms with E-state index in [1.54, 1.807) is 11.3 Å². The first-order chi connectivity index (χ1) is 9.56. The third kappa shape index (κ3) is 2.43. The molecule has 20 heavy (non-hydrogen) atoms. The molecular weight excluding hydrogens is 272 g/mol. The zero-order valence-corrected chi connectivity index (χ0v) is 12.9. The lowest BCUT2D eigenvalue weighted by molar-refractivity contribution is -0.139. The second kappa shape index (κ2) is 5.35. The van der Waals surface area contributed by atoms with Gasteiger partial charge in [-0.15, -0.1) is 11.3 Å². The zero-order chi connectivity index (χ0) is 14.3. The van der Waals surface area contributed by atoms with Gasteiger partial charge in [-0.05, 0) is 37.5 Å². The van der Waals surface area contributed by atoms with Gasteiger partial charge in [-0.25, -0.2) is 4.98 Å². The molecule has 110 valence electrons. The molecule has 2 unspecified atom stereocenters. The molecule has 4 nitrogen and oxygen atoms in total. The maximum absolute atomic E-state index is 11.3. The van der Waals surface area contributed by atoms with Crippen LogP contribution in [0.5, 0.6) is 0 Å². The molecule has 1 fully saturated rings. The Hall–Kier alpha value is -1.10. The zero-order valence-electron chi connectivity index (χ0n) is 12.1. The number of carboxylic acids is 1. The second-order valence-electron chi connectivity index (χ2n) is 6.33. The van der Waals surface area contributed by atoms with E-state index in [1.807, 2.05) is 0 Å². The van der Waals surface area contributed by atoms with Gasteiger partial charge < -0.3 is 10.0 Å². The van der Waals surface area contributed by atoms with Crippen LogP contribution in [0.3, 0.4) is 0 Å². The highest BCUT2D eigenvalue weighted by atomic mass is 32.1. The van der Waals surface area contributed by atoms with Crippen LogP contribution < -0.4 is 4.90 Å². The van der Waals surface area contributed by atoms with Crippen molar-refractivity contribution in [1.82, 2.24) is 4.98 Å². The Labute approximate surface area is 123 Å². The van der Waals surface area contributed by atoms with Gasteiger partial charge in [-0.3, -0.25) is 4.79 Å². The van der Waals surface area contributed by atoms with Crippen molar-refractivity contribution < 1.29 is 9.90 Å². The smallest absolute Gasteiger partial charge is 0.312 e. The second-order valence-corrected chi connectivity index (χ2v) is 7.39. The number of nitrogens with zero attached hydrogens (tertiary/aromatic N) is 2. The van der Waals surface area contributed by atoms with Crippen LogP contribution in [0.1, 0.15) is 49.6 Å². The SMILES string of the molecule is CC(C)C1CCN(c2nc3c(s2)CCCC3C(=O)O)C1. The van der Waals surface area contributed by atoms with Gasteiger partial charge in [0.25, 0.3) is 0 Å². The van der Waals surface area contributed by atoms with E-state index in [1.165, 1.54) is 11.3 Å². The van der Waals surface area contributed by atoms with E-state index in [4.69, 9.17) is 4.98 Å². The summed E-state index contributed by atoms with van der Waals surface area (Å²) in [7, 11) is 0. The molecule has 1 aliphatic carbocycles. The normalized spacial score (nSPS) is 26.1. The number of aromatic nitrogens is 1. The van der Waals surface area contributed by atoms with Gasteiger partial charge in [-0.2, -0.15) is 0 Å². The van der Waals surface area contributed by atoms with Gasteiger partial charge in [0.2, 0.25) is 0 Å². The first kappa shape index (κ1) is 13.9. The highest BCUT2D eigenvalue weighted by molar-refractivity contribution is 7.15. The molecule has 0 radical (unpaired) electrons. The minimum atomic E-state index is -0.718. The molecule has 2 atom stereocenters. The fourth-order valence-electron chi connectivity index (χ4n) is 3.29. The summed E-state index contributed by atoms with van der Waals surface area (Å²) in [4.78, 5) is 19.6. The number of fused-ring (bicyclic) bond motifs is 1. The Morgan fingerprint density at radius 3 is 2.90 bits per heavy atom. The van der Waals surface area contributed by atoms with Gasteiger partial charge in [0.1, 0.15) is 5.92 Å². The van der Waals surface area contributed by atoms with E-state index in [2.05, 4.69) is 18.7 Å². The van der Waals surface area contributed by atoms with E-state index in [9.17, 15) is 9.90 Å². The molecule has 2 aliphatic rings. The molecule has 1 saturated heterocycles. The topological polar surface area (TPSA) is 53.4 Å². The molecule has 5 heteroatoms. The number of aryl methyl sites for hydroxylation is 1. The Kier molecular flexibility index (Phi) is 3.71. The lowest BCUT2D eigenvalue weighted by Crippen LogP contribution is -2.21. The number of carbonyl (C=O) groups is 1. The average Bonchev–Trinajstić information content (AvgIpc) is 3.04. The Bertz CT molecular complexity index is 512. The molecule has 1 aromatic heterocycles. The Morgan fingerprint density at radius 1 is 1.45 bits per heavy atom. The molecule has 0 spiro atoms. The lowest BCUT2D eigenvalue weighted by Gasteiger charge is -2.17. The van der Waals surface area contributed by atoms with Crippen molar-refractivity contribution in [2.24, 2.45) is 11.8 Å². The standard InChI is InChI=1S/C15H22N2O2S/c1-9(2)10-6-7-17(8-10)15-16-13-11(14(18)19)4-3-5-12(13)20-15/h9-11H,3-8H2,1-2H3,(H,18,19). The minimum absolute atomic E-state index is 0.382. The first-order valence-electron chi connectivity index (χ1n) is 7.53. The average molecular weight is 294 g/mol. The van der Waals surface area contributed by atoms with Gasteiger partial charge in [-0.1, -0.05) is 13.8 Å². The van der Waals surface area contributed by atoms with Crippen molar-refractivity contribution in [3.05, 3.63) is 10.6 Å². The maximum Gasteiger partial charge on any atom is 0.312 e. The lowest BCUT2D eigenvalue weighted by atomic mass is 9.91.